The molecule has 0 aromatic carbocycles. The zero-order chi connectivity index (χ0) is 7.68. The third kappa shape index (κ3) is 1.13. The van der Waals surface area contributed by atoms with Gasteiger partial charge < -0.3 is 4.42 Å². The van der Waals surface area contributed by atoms with Gasteiger partial charge in [-0.2, -0.15) is 5.10 Å². The molecule has 1 atom stereocenters. The third-order valence-electron chi connectivity index (χ3n) is 1.80. The summed E-state index contributed by atoms with van der Waals surface area (Å²) in [5, 5.41) is 4.08. The zero-order valence-corrected chi connectivity index (χ0v) is 6.37. The lowest BCUT2D eigenvalue weighted by atomic mass is 10.1. The average Bonchev–Trinajstić information content (AvgIpc) is 2.55. The van der Waals surface area contributed by atoms with Gasteiger partial charge in [-0.05, 0) is 19.1 Å². The summed E-state index contributed by atoms with van der Waals surface area (Å²) in [7, 11) is 0. The molecule has 0 aliphatic carbocycles. The van der Waals surface area contributed by atoms with Gasteiger partial charge >= 0.3 is 0 Å². The lowest BCUT2D eigenvalue weighted by Crippen LogP contribution is -2.08. The molecule has 0 unspecified atom stereocenters. The Morgan fingerprint density at radius 2 is 2.64 bits per heavy atom. The van der Waals surface area contributed by atoms with Crippen LogP contribution in [0.1, 0.15) is 25.1 Å². The summed E-state index contributed by atoms with van der Waals surface area (Å²) in [5.74, 6) is 0.964. The number of hydrogen-bond acceptors (Lipinski definition) is 3. The average molecular weight is 150 g/mol. The summed E-state index contributed by atoms with van der Waals surface area (Å²) < 4.78 is 5.23. The van der Waals surface area contributed by atoms with Crippen molar-refractivity contribution < 1.29 is 4.42 Å². The first-order chi connectivity index (χ1) is 5.36. The minimum absolute atomic E-state index is 0.255. The molecular formula is C8H10N2O. The topological polar surface area (TPSA) is 37.5 Å². The van der Waals surface area contributed by atoms with E-state index in [1.807, 2.05) is 19.1 Å². The van der Waals surface area contributed by atoms with E-state index < -0.39 is 0 Å². The molecule has 0 fully saturated rings. The molecule has 1 aromatic rings. The lowest BCUT2D eigenvalue weighted by Gasteiger charge is -2.03. The summed E-state index contributed by atoms with van der Waals surface area (Å²) >= 11 is 0. The maximum atomic E-state index is 5.23. The molecule has 1 aromatic heterocycles. The molecule has 0 saturated heterocycles. The molecule has 11 heavy (non-hydrogen) atoms. The highest BCUT2D eigenvalue weighted by molar-refractivity contribution is 5.83. The van der Waals surface area contributed by atoms with E-state index in [4.69, 9.17) is 4.42 Å². The van der Waals surface area contributed by atoms with Crippen molar-refractivity contribution in [3.8, 4) is 0 Å². The van der Waals surface area contributed by atoms with Crippen LogP contribution in [0.25, 0.3) is 0 Å². The van der Waals surface area contributed by atoms with Crippen molar-refractivity contribution in [1.29, 1.82) is 0 Å². The van der Waals surface area contributed by atoms with Gasteiger partial charge in [0.25, 0.3) is 0 Å². The smallest absolute Gasteiger partial charge is 0.128 e. The molecule has 1 aliphatic rings. The largest absolute Gasteiger partial charge is 0.467 e. The summed E-state index contributed by atoms with van der Waals surface area (Å²) in [6, 6.07) is 4.11. The second-order valence-corrected chi connectivity index (χ2v) is 2.75. The molecule has 0 saturated carbocycles. The number of hydrogen-bond donors (Lipinski definition) is 1. The van der Waals surface area contributed by atoms with Crippen molar-refractivity contribution in [2.75, 3.05) is 0 Å². The minimum Gasteiger partial charge on any atom is -0.467 e. The lowest BCUT2D eigenvalue weighted by molar-refractivity contribution is 0.440. The van der Waals surface area contributed by atoms with E-state index in [1.54, 1.807) is 6.26 Å². The van der Waals surface area contributed by atoms with Gasteiger partial charge in [0, 0.05) is 12.1 Å². The Kier molecular flexibility index (Phi) is 1.42. The predicted molar refractivity (Wildman–Crippen MR) is 42.3 cm³/mol. The molecule has 58 valence electrons. The van der Waals surface area contributed by atoms with Crippen LogP contribution >= 0.6 is 0 Å². The maximum absolute atomic E-state index is 5.23. The van der Waals surface area contributed by atoms with Crippen LogP contribution in [-0.2, 0) is 0 Å². The van der Waals surface area contributed by atoms with Crippen LogP contribution in [0.5, 0.6) is 0 Å². The second kappa shape index (κ2) is 2.42. The Hall–Kier alpha value is -1.25. The first kappa shape index (κ1) is 6.46. The summed E-state index contributed by atoms with van der Waals surface area (Å²) in [6.45, 7) is 2.01. The Bertz CT molecular complexity index is 264. The summed E-state index contributed by atoms with van der Waals surface area (Å²) in [6.07, 6.45) is 2.64. The normalized spacial score (nSPS) is 23.0. The Morgan fingerprint density at radius 1 is 1.73 bits per heavy atom. The number of nitrogens with one attached hydrogen (secondary N) is 1. The molecule has 0 amide bonds. The first-order valence-electron chi connectivity index (χ1n) is 3.68. The van der Waals surface area contributed by atoms with Crippen LogP contribution in [0.15, 0.2) is 27.9 Å². The van der Waals surface area contributed by atoms with E-state index in [9.17, 15) is 0 Å². The monoisotopic (exact) mass is 150 g/mol. The highest BCUT2D eigenvalue weighted by Gasteiger charge is 2.18. The van der Waals surface area contributed by atoms with E-state index >= 15 is 0 Å². The van der Waals surface area contributed by atoms with Gasteiger partial charge in [-0.1, -0.05) is 0 Å². The molecule has 0 radical (unpaired) electrons. The van der Waals surface area contributed by atoms with Gasteiger partial charge in [0.1, 0.15) is 11.8 Å². The SMILES string of the molecule is CC1=NN[C@@H](c2ccco2)C1. The van der Waals surface area contributed by atoms with Crippen LogP contribution in [0.3, 0.4) is 0 Å². The highest BCUT2D eigenvalue weighted by atomic mass is 16.3. The predicted octanol–water partition coefficient (Wildman–Crippen LogP) is 1.69. The van der Waals surface area contributed by atoms with E-state index in [2.05, 4.69) is 10.5 Å². The van der Waals surface area contributed by atoms with Crippen molar-refractivity contribution in [1.82, 2.24) is 5.43 Å². The van der Waals surface area contributed by atoms with Crippen molar-refractivity contribution in [3.05, 3.63) is 24.2 Å². The van der Waals surface area contributed by atoms with E-state index in [0.29, 0.717) is 0 Å². The molecule has 1 N–H and O–H groups in total. The third-order valence-corrected chi connectivity index (χ3v) is 1.80. The molecule has 1 aliphatic heterocycles. The van der Waals surface area contributed by atoms with Gasteiger partial charge in [-0.15, -0.1) is 0 Å². The van der Waals surface area contributed by atoms with Crippen molar-refractivity contribution in [2.45, 2.75) is 19.4 Å². The number of furan rings is 1. The maximum Gasteiger partial charge on any atom is 0.128 e. The number of hydrazone groups is 1. The summed E-state index contributed by atoms with van der Waals surface area (Å²) in [5.41, 5.74) is 4.13. The van der Waals surface area contributed by atoms with E-state index in [1.165, 1.54) is 0 Å². The summed E-state index contributed by atoms with van der Waals surface area (Å²) in [4.78, 5) is 0. The molecule has 0 spiro atoms. The molecular weight excluding hydrogens is 140 g/mol. The minimum atomic E-state index is 0.255. The fourth-order valence-electron chi connectivity index (χ4n) is 1.23. The molecule has 2 rings (SSSR count). The van der Waals surface area contributed by atoms with Crippen molar-refractivity contribution in [2.24, 2.45) is 5.10 Å². The van der Waals surface area contributed by atoms with Gasteiger partial charge in [0.2, 0.25) is 0 Å². The fourth-order valence-corrected chi connectivity index (χ4v) is 1.23. The van der Waals surface area contributed by atoms with E-state index in [-0.39, 0.29) is 6.04 Å². The van der Waals surface area contributed by atoms with Crippen LogP contribution in [0.2, 0.25) is 0 Å². The Labute approximate surface area is 65.1 Å². The Balaban J connectivity index is 2.11. The first-order valence-corrected chi connectivity index (χ1v) is 3.68. The molecule has 0 bridgehead atoms. The van der Waals surface area contributed by atoms with Gasteiger partial charge in [0.05, 0.1) is 6.26 Å². The quantitative estimate of drug-likeness (QED) is 0.661. The van der Waals surface area contributed by atoms with Gasteiger partial charge in [-0.3, -0.25) is 5.43 Å². The van der Waals surface area contributed by atoms with Crippen LogP contribution in [0.4, 0.5) is 0 Å². The van der Waals surface area contributed by atoms with Gasteiger partial charge in [-0.25, -0.2) is 0 Å². The highest BCUT2D eigenvalue weighted by Crippen LogP contribution is 2.21. The van der Waals surface area contributed by atoms with Crippen molar-refractivity contribution >= 4 is 5.71 Å². The number of nitrogens with zero attached hydrogens (tertiary/aromatic N) is 1. The molecule has 3 nitrogen and oxygen atoms in total. The van der Waals surface area contributed by atoms with Crippen LogP contribution in [-0.4, -0.2) is 5.71 Å². The standard InChI is InChI=1S/C8H10N2O/c1-6-5-7(10-9-6)8-3-2-4-11-8/h2-4,7,10H,5H2,1H3/t7-/m1/s1. The zero-order valence-electron chi connectivity index (χ0n) is 6.37. The van der Waals surface area contributed by atoms with E-state index in [0.717, 1.165) is 17.9 Å². The number of rotatable bonds is 1. The Morgan fingerprint density at radius 3 is 3.18 bits per heavy atom. The van der Waals surface area contributed by atoms with Crippen LogP contribution < -0.4 is 5.43 Å². The van der Waals surface area contributed by atoms with Crippen LogP contribution in [0, 0.1) is 0 Å². The fraction of sp³-hybridized carbons (Fsp3) is 0.375. The second-order valence-electron chi connectivity index (χ2n) is 2.75. The molecule has 2 heterocycles. The van der Waals surface area contributed by atoms with Gasteiger partial charge in [0.15, 0.2) is 0 Å². The van der Waals surface area contributed by atoms with Crippen molar-refractivity contribution in [3.63, 3.8) is 0 Å². The molecule has 3 heteroatoms.